The minimum Gasteiger partial charge on any atom is -0.478 e. The average molecular weight is 701 g/mol. The van der Waals surface area contributed by atoms with Crippen molar-refractivity contribution in [3.05, 3.63) is 83.3 Å². The number of carbonyl (C=O) groups excluding carboxylic acids is 1. The number of aromatic carboxylic acids is 1. The van der Waals surface area contributed by atoms with Gasteiger partial charge < -0.3 is 25.8 Å². The molecule has 49 heavy (non-hydrogen) atoms. The largest absolute Gasteiger partial charge is 0.478 e. The number of fused-ring (bicyclic) bond motifs is 4. The summed E-state index contributed by atoms with van der Waals surface area (Å²) < 4.78 is 9.62. The third-order valence-corrected chi connectivity index (χ3v) is 12.4. The van der Waals surface area contributed by atoms with Crippen LogP contribution in [0.5, 0.6) is 11.5 Å². The van der Waals surface area contributed by atoms with Crippen LogP contribution in [0, 0.1) is 0 Å². The fraction of sp³-hybridized carbons (Fsp3) is 0.462. The van der Waals surface area contributed by atoms with Gasteiger partial charge in [0.25, 0.3) is 5.91 Å². The van der Waals surface area contributed by atoms with Crippen LogP contribution in [0.2, 0.25) is 10.0 Å². The Kier molecular flexibility index (Phi) is 7.71. The van der Waals surface area contributed by atoms with E-state index in [0.717, 1.165) is 131 Å². The molecule has 9 rings (SSSR count). The number of hydrogen-bond donors (Lipinski definition) is 3. The third kappa shape index (κ3) is 5.00. The monoisotopic (exact) mass is 699 g/mol. The maximum absolute atomic E-state index is 13.7. The van der Waals surface area contributed by atoms with Crippen LogP contribution < -0.4 is 35.8 Å². The third-order valence-electron chi connectivity index (χ3n) is 11.7. The second-order valence-corrected chi connectivity index (χ2v) is 15.5. The van der Waals surface area contributed by atoms with Gasteiger partial charge in [0.15, 0.2) is 0 Å². The Hall–Kier alpha value is -3.59. The highest BCUT2D eigenvalue weighted by Crippen LogP contribution is 2.50. The van der Waals surface area contributed by atoms with E-state index < -0.39 is 11.9 Å². The molecule has 5 heterocycles. The van der Waals surface area contributed by atoms with E-state index in [0.29, 0.717) is 5.56 Å². The van der Waals surface area contributed by atoms with Crippen LogP contribution in [0.25, 0.3) is 5.57 Å². The van der Waals surface area contributed by atoms with Gasteiger partial charge in [-0.05, 0) is 88.0 Å². The Morgan fingerprint density at radius 2 is 1.61 bits per heavy atom. The van der Waals surface area contributed by atoms with Crippen molar-refractivity contribution >= 4 is 46.3 Å². The van der Waals surface area contributed by atoms with Crippen LogP contribution in [-0.4, -0.2) is 55.2 Å². The highest BCUT2D eigenvalue weighted by molar-refractivity contribution is 6.40. The van der Waals surface area contributed by atoms with E-state index in [1.165, 1.54) is 33.3 Å². The van der Waals surface area contributed by atoms with Crippen LogP contribution in [-0.2, 0) is 25.7 Å². The molecule has 0 spiro atoms. The van der Waals surface area contributed by atoms with Crippen molar-refractivity contribution in [1.82, 2.24) is 9.89 Å². The maximum atomic E-state index is 13.7. The Balaban J connectivity index is 1.32. The number of anilines is 1. The average Bonchev–Trinajstić information content (AvgIpc) is 3.10. The number of aryl methyl sites for hydroxylation is 2. The van der Waals surface area contributed by atoms with Gasteiger partial charge in [0, 0.05) is 76.7 Å². The van der Waals surface area contributed by atoms with Gasteiger partial charge >= 0.3 is 5.97 Å². The molecule has 1 amide bonds. The summed E-state index contributed by atoms with van der Waals surface area (Å²) in [4.78, 5) is 29.5. The maximum Gasteiger partial charge on any atom is 0.337 e. The van der Waals surface area contributed by atoms with Crippen molar-refractivity contribution in [3.8, 4) is 11.5 Å². The Morgan fingerprint density at radius 1 is 0.898 bits per heavy atom. The number of nitrogens with two attached hydrogens (primary N) is 1. The zero-order valence-corrected chi connectivity index (χ0v) is 29.1. The number of carboxylic acid groups (broad SMARTS) is 1. The molecule has 0 unspecified atom stereocenters. The smallest absolute Gasteiger partial charge is 0.337 e. The number of nitrogens with zero attached hydrogens (tertiary/aromatic N) is 2. The number of amides is 1. The molecule has 0 aromatic heterocycles. The van der Waals surface area contributed by atoms with E-state index in [1.807, 2.05) is 0 Å². The van der Waals surface area contributed by atoms with Crippen molar-refractivity contribution in [2.24, 2.45) is 5.73 Å². The minimum atomic E-state index is -1.22. The summed E-state index contributed by atoms with van der Waals surface area (Å²) in [6.45, 7) is 4.12. The first-order valence-electron chi connectivity index (χ1n) is 18.0. The van der Waals surface area contributed by atoms with E-state index in [2.05, 4.69) is 26.9 Å². The lowest BCUT2D eigenvalue weighted by molar-refractivity contribution is 0.0696. The molecule has 0 radical (unpaired) electrons. The van der Waals surface area contributed by atoms with E-state index >= 15 is 0 Å². The summed E-state index contributed by atoms with van der Waals surface area (Å²) in [5, 5.41) is 16.2. The van der Waals surface area contributed by atoms with Crippen molar-refractivity contribution < 1.29 is 19.4 Å². The van der Waals surface area contributed by atoms with Crippen LogP contribution in [0.3, 0.4) is 0 Å². The molecule has 0 atom stereocenters. The van der Waals surface area contributed by atoms with Crippen molar-refractivity contribution in [2.45, 2.75) is 89.1 Å². The highest BCUT2D eigenvalue weighted by Gasteiger charge is 2.38. The van der Waals surface area contributed by atoms with Gasteiger partial charge in [0.05, 0.1) is 26.7 Å². The van der Waals surface area contributed by atoms with Gasteiger partial charge in [-0.25, -0.2) is 9.37 Å². The molecule has 3 aromatic rings. The van der Waals surface area contributed by atoms with Crippen molar-refractivity contribution in [1.29, 1.82) is 0 Å². The number of nitrogens with one attached hydrogen (secondary N) is 1. The molecule has 1 aliphatic carbocycles. The molecular formula is C39H41Cl2N4O4+. The molecule has 4 N–H and O–H groups in total. The zero-order chi connectivity index (χ0) is 33.6. The van der Waals surface area contributed by atoms with Gasteiger partial charge in [-0.15, -0.1) is 0 Å². The summed E-state index contributed by atoms with van der Waals surface area (Å²) in [5.74, 6) is -0.0368. The van der Waals surface area contributed by atoms with E-state index in [9.17, 15) is 14.7 Å². The number of carbonyl (C=O) groups is 2. The summed E-state index contributed by atoms with van der Waals surface area (Å²) in [7, 11) is 0. The minimum absolute atomic E-state index is 0.0517. The predicted octanol–water partition coefficient (Wildman–Crippen LogP) is 5.13. The first kappa shape index (κ1) is 31.4. The molecule has 10 heteroatoms. The molecule has 3 aromatic carbocycles. The summed E-state index contributed by atoms with van der Waals surface area (Å²) >= 11 is 14.2. The summed E-state index contributed by atoms with van der Waals surface area (Å²) in [6.07, 6.45) is 11.0. The SMILES string of the molecule is NC1CCC(NC(=O)c2cc(Cl)c(C3=c4cc5c6c(c4Oc4c3cc3c7c4CCCN7CCC3)CCC[N+]=6CCC5)c(C(=O)O)c2Cl)CC1. The van der Waals surface area contributed by atoms with Crippen LogP contribution in [0.15, 0.2) is 18.2 Å². The van der Waals surface area contributed by atoms with Gasteiger partial charge in [0.1, 0.15) is 24.6 Å². The van der Waals surface area contributed by atoms with Crippen molar-refractivity contribution in [2.75, 3.05) is 31.1 Å². The van der Waals surface area contributed by atoms with Crippen LogP contribution in [0.1, 0.15) is 105 Å². The Morgan fingerprint density at radius 3 is 2.39 bits per heavy atom. The topological polar surface area (TPSA) is 108 Å². The molecular weight excluding hydrogens is 659 g/mol. The molecule has 0 bridgehead atoms. The van der Waals surface area contributed by atoms with Crippen LogP contribution in [0.4, 0.5) is 5.69 Å². The lowest BCUT2D eigenvalue weighted by atomic mass is 9.81. The Labute approximate surface area is 295 Å². The molecule has 254 valence electrons. The van der Waals surface area contributed by atoms with Crippen molar-refractivity contribution in [3.63, 3.8) is 0 Å². The normalized spacial score (nSPS) is 22.0. The van der Waals surface area contributed by atoms with Gasteiger partial charge in [-0.1, -0.05) is 23.2 Å². The van der Waals surface area contributed by atoms with Crippen LogP contribution >= 0.6 is 23.2 Å². The van der Waals surface area contributed by atoms with Gasteiger partial charge in [-0.3, -0.25) is 4.79 Å². The van der Waals surface area contributed by atoms with Gasteiger partial charge in [0.2, 0.25) is 5.36 Å². The van der Waals surface area contributed by atoms with Gasteiger partial charge in [-0.2, -0.15) is 0 Å². The molecule has 8 nitrogen and oxygen atoms in total. The fourth-order valence-electron chi connectivity index (χ4n) is 9.55. The molecule has 1 fully saturated rings. The zero-order valence-electron chi connectivity index (χ0n) is 27.6. The highest BCUT2D eigenvalue weighted by atomic mass is 35.5. The number of halogens is 2. The first-order valence-corrected chi connectivity index (χ1v) is 18.8. The summed E-state index contributed by atoms with van der Waals surface area (Å²) in [5.41, 5.74) is 14.1. The van der Waals surface area contributed by atoms with E-state index in [4.69, 9.17) is 33.7 Å². The molecule has 5 aliphatic heterocycles. The number of benzene rings is 3. The lowest BCUT2D eigenvalue weighted by Gasteiger charge is -2.39. The second-order valence-electron chi connectivity index (χ2n) is 14.7. The number of rotatable bonds is 4. The fourth-order valence-corrected chi connectivity index (χ4v) is 10.2. The molecule has 6 aliphatic rings. The Bertz CT molecular complexity index is 2100. The predicted molar refractivity (Wildman–Crippen MR) is 191 cm³/mol. The number of hydrogen-bond acceptors (Lipinski definition) is 5. The van der Waals surface area contributed by atoms with E-state index in [-0.39, 0.29) is 33.3 Å². The molecule has 1 saturated carbocycles. The first-order chi connectivity index (χ1) is 23.8. The number of ether oxygens (including phenoxy) is 1. The molecule has 0 saturated heterocycles. The number of carboxylic acids is 1. The summed E-state index contributed by atoms with van der Waals surface area (Å²) in [6, 6.07) is 6.07. The lowest BCUT2D eigenvalue weighted by Crippen LogP contribution is -2.45. The quantitative estimate of drug-likeness (QED) is 0.255. The van der Waals surface area contributed by atoms with E-state index in [1.54, 1.807) is 6.07 Å². The standard InChI is InChI=1S/C39H40Cl2N4O4/c40-29-19-28(38(46)43-23-11-9-22(42)10-12-23)33(41)32(39(47)48)31(29)30-26-17-20-5-1-13-44-15-3-7-24(34(20)44)36(26)49-37-25-8-4-16-45-14-2-6-21(35(25)45)18-27(30)37/h17-19,22-23H,1-16,42H2,(H-,43,46,47,48)/p+1. The second kappa shape index (κ2) is 12.0.